The van der Waals surface area contributed by atoms with E-state index in [0.29, 0.717) is 0 Å². The molecular weight excluding hydrogens is 275 g/mol. The van der Waals surface area contributed by atoms with Crippen LogP contribution in [0.5, 0.6) is 0 Å². The highest BCUT2D eigenvalue weighted by molar-refractivity contribution is 9.10. The van der Waals surface area contributed by atoms with Gasteiger partial charge in [-0.1, -0.05) is 6.92 Å². The predicted octanol–water partition coefficient (Wildman–Crippen LogP) is 3.97. The SMILES string of the molecule is CCC(Cl)CCNc1nccc(C)c1Br. The van der Waals surface area contributed by atoms with Gasteiger partial charge in [0.25, 0.3) is 0 Å². The highest BCUT2D eigenvalue weighted by atomic mass is 79.9. The maximum Gasteiger partial charge on any atom is 0.140 e. The van der Waals surface area contributed by atoms with E-state index >= 15 is 0 Å². The number of hydrogen-bond donors (Lipinski definition) is 1. The van der Waals surface area contributed by atoms with Gasteiger partial charge in [-0.2, -0.15) is 0 Å². The summed E-state index contributed by atoms with van der Waals surface area (Å²) in [5.74, 6) is 0.898. The lowest BCUT2D eigenvalue weighted by Crippen LogP contribution is -2.09. The Labute approximate surface area is 105 Å². The van der Waals surface area contributed by atoms with Crippen LogP contribution in [-0.2, 0) is 0 Å². The Kier molecular flexibility index (Phi) is 5.40. The molecule has 84 valence electrons. The average Bonchev–Trinajstić information content (AvgIpc) is 2.24. The Bertz CT molecular complexity index is 317. The van der Waals surface area contributed by atoms with Crippen LogP contribution in [0.15, 0.2) is 16.7 Å². The molecule has 0 aliphatic carbocycles. The van der Waals surface area contributed by atoms with Gasteiger partial charge in [0.15, 0.2) is 0 Å². The van der Waals surface area contributed by atoms with Gasteiger partial charge in [0, 0.05) is 18.1 Å². The molecule has 0 radical (unpaired) electrons. The number of nitrogens with zero attached hydrogens (tertiary/aromatic N) is 1. The number of rotatable bonds is 5. The van der Waals surface area contributed by atoms with Gasteiger partial charge >= 0.3 is 0 Å². The molecule has 1 rings (SSSR count). The zero-order valence-corrected chi connectivity index (χ0v) is 11.4. The zero-order valence-electron chi connectivity index (χ0n) is 9.06. The molecule has 4 heteroatoms. The fourth-order valence-electron chi connectivity index (χ4n) is 1.21. The van der Waals surface area contributed by atoms with Crippen molar-refractivity contribution in [1.82, 2.24) is 4.98 Å². The van der Waals surface area contributed by atoms with E-state index in [9.17, 15) is 0 Å². The summed E-state index contributed by atoms with van der Waals surface area (Å²) in [4.78, 5) is 4.26. The van der Waals surface area contributed by atoms with Gasteiger partial charge < -0.3 is 5.32 Å². The van der Waals surface area contributed by atoms with Crippen LogP contribution in [0.1, 0.15) is 25.3 Å². The monoisotopic (exact) mass is 290 g/mol. The quantitative estimate of drug-likeness (QED) is 0.830. The van der Waals surface area contributed by atoms with E-state index in [2.05, 4.69) is 33.2 Å². The lowest BCUT2D eigenvalue weighted by molar-refractivity contribution is 0.751. The van der Waals surface area contributed by atoms with Gasteiger partial charge in [-0.3, -0.25) is 0 Å². The maximum atomic E-state index is 6.03. The Morgan fingerprint density at radius 1 is 1.60 bits per heavy atom. The van der Waals surface area contributed by atoms with Crippen LogP contribution in [0.4, 0.5) is 5.82 Å². The largest absolute Gasteiger partial charge is 0.369 e. The molecule has 15 heavy (non-hydrogen) atoms. The Morgan fingerprint density at radius 3 is 3.00 bits per heavy atom. The summed E-state index contributed by atoms with van der Waals surface area (Å²) in [5, 5.41) is 3.53. The van der Waals surface area contributed by atoms with Crippen LogP contribution in [0, 0.1) is 6.92 Å². The summed E-state index contributed by atoms with van der Waals surface area (Å²) >= 11 is 9.54. The first kappa shape index (κ1) is 12.8. The molecule has 0 aromatic carbocycles. The summed E-state index contributed by atoms with van der Waals surface area (Å²) in [6.07, 6.45) is 3.77. The first-order valence-electron chi connectivity index (χ1n) is 5.14. The molecule has 1 heterocycles. The van der Waals surface area contributed by atoms with E-state index in [1.807, 2.05) is 13.0 Å². The lowest BCUT2D eigenvalue weighted by atomic mass is 10.2. The third-order valence-corrected chi connectivity index (χ3v) is 3.80. The molecule has 1 N–H and O–H groups in total. The molecule has 0 amide bonds. The van der Waals surface area contributed by atoms with Crippen LogP contribution in [-0.4, -0.2) is 16.9 Å². The number of halogens is 2. The standard InChI is InChI=1S/C11H16BrClN2/c1-3-9(13)5-7-15-11-10(12)8(2)4-6-14-11/h4,6,9H,3,5,7H2,1-2H3,(H,14,15). The minimum atomic E-state index is 0.251. The molecule has 1 aromatic heterocycles. The van der Waals surface area contributed by atoms with Crippen LogP contribution in [0.2, 0.25) is 0 Å². The number of anilines is 1. The van der Waals surface area contributed by atoms with Crippen molar-refractivity contribution in [2.45, 2.75) is 32.1 Å². The van der Waals surface area contributed by atoms with Crippen molar-refractivity contribution in [3.05, 3.63) is 22.3 Å². The minimum absolute atomic E-state index is 0.251. The molecule has 0 spiro atoms. The van der Waals surface area contributed by atoms with E-state index < -0.39 is 0 Å². The second-order valence-electron chi connectivity index (χ2n) is 3.51. The second-order valence-corrected chi connectivity index (χ2v) is 4.92. The third-order valence-electron chi connectivity index (χ3n) is 2.28. The Hall–Kier alpha value is -0.280. The van der Waals surface area contributed by atoms with Gasteiger partial charge in [0.1, 0.15) is 5.82 Å². The zero-order chi connectivity index (χ0) is 11.3. The molecule has 0 aliphatic heterocycles. The van der Waals surface area contributed by atoms with Crippen LogP contribution < -0.4 is 5.32 Å². The molecule has 1 atom stereocenters. The maximum absolute atomic E-state index is 6.03. The molecular formula is C11H16BrClN2. The highest BCUT2D eigenvalue weighted by Crippen LogP contribution is 2.23. The van der Waals surface area contributed by atoms with Crippen molar-refractivity contribution < 1.29 is 0 Å². The van der Waals surface area contributed by atoms with Crippen LogP contribution in [0.25, 0.3) is 0 Å². The van der Waals surface area contributed by atoms with Crippen molar-refractivity contribution in [2.75, 3.05) is 11.9 Å². The lowest BCUT2D eigenvalue weighted by Gasteiger charge is -2.10. The summed E-state index contributed by atoms with van der Waals surface area (Å²) in [5.41, 5.74) is 1.19. The molecule has 0 saturated heterocycles. The fraction of sp³-hybridized carbons (Fsp3) is 0.545. The Balaban J connectivity index is 2.47. The van der Waals surface area contributed by atoms with Crippen molar-refractivity contribution in [3.63, 3.8) is 0 Å². The third kappa shape index (κ3) is 3.99. The van der Waals surface area contributed by atoms with Gasteiger partial charge in [-0.15, -0.1) is 11.6 Å². The van der Waals surface area contributed by atoms with Gasteiger partial charge in [0.05, 0.1) is 4.47 Å². The van der Waals surface area contributed by atoms with E-state index in [1.54, 1.807) is 6.20 Å². The second kappa shape index (κ2) is 6.33. The topological polar surface area (TPSA) is 24.9 Å². The van der Waals surface area contributed by atoms with Crippen molar-refractivity contribution in [3.8, 4) is 0 Å². The van der Waals surface area contributed by atoms with Crippen LogP contribution >= 0.6 is 27.5 Å². The summed E-state index contributed by atoms with van der Waals surface area (Å²) in [6, 6.07) is 1.98. The molecule has 1 unspecified atom stereocenters. The molecule has 0 saturated carbocycles. The van der Waals surface area contributed by atoms with E-state index in [1.165, 1.54) is 5.56 Å². The normalized spacial score (nSPS) is 12.5. The van der Waals surface area contributed by atoms with Gasteiger partial charge in [-0.25, -0.2) is 4.98 Å². The predicted molar refractivity (Wildman–Crippen MR) is 69.7 cm³/mol. The van der Waals surface area contributed by atoms with Gasteiger partial charge in [-0.05, 0) is 47.3 Å². The highest BCUT2D eigenvalue weighted by Gasteiger charge is 2.04. The van der Waals surface area contributed by atoms with Crippen LogP contribution in [0.3, 0.4) is 0 Å². The van der Waals surface area contributed by atoms with E-state index in [0.717, 1.165) is 29.7 Å². The average molecular weight is 292 g/mol. The van der Waals surface area contributed by atoms with Crippen molar-refractivity contribution >= 4 is 33.3 Å². The first-order chi connectivity index (χ1) is 7.15. The number of hydrogen-bond acceptors (Lipinski definition) is 2. The smallest absolute Gasteiger partial charge is 0.140 e. The number of nitrogens with one attached hydrogen (secondary N) is 1. The first-order valence-corrected chi connectivity index (χ1v) is 6.37. The molecule has 0 aliphatic rings. The van der Waals surface area contributed by atoms with E-state index in [-0.39, 0.29) is 5.38 Å². The molecule has 1 aromatic rings. The summed E-state index contributed by atoms with van der Waals surface area (Å²) in [7, 11) is 0. The molecule has 2 nitrogen and oxygen atoms in total. The minimum Gasteiger partial charge on any atom is -0.369 e. The number of alkyl halides is 1. The van der Waals surface area contributed by atoms with E-state index in [4.69, 9.17) is 11.6 Å². The van der Waals surface area contributed by atoms with Crippen molar-refractivity contribution in [1.29, 1.82) is 0 Å². The van der Waals surface area contributed by atoms with Gasteiger partial charge in [0.2, 0.25) is 0 Å². The fourth-order valence-corrected chi connectivity index (χ4v) is 1.70. The summed E-state index contributed by atoms with van der Waals surface area (Å²) in [6.45, 7) is 5.00. The number of aryl methyl sites for hydroxylation is 1. The molecule has 0 bridgehead atoms. The van der Waals surface area contributed by atoms with Crippen molar-refractivity contribution in [2.24, 2.45) is 0 Å². The number of pyridine rings is 1. The molecule has 0 fully saturated rings. The number of aromatic nitrogens is 1. The Morgan fingerprint density at radius 2 is 2.33 bits per heavy atom. The summed E-state index contributed by atoms with van der Waals surface area (Å²) < 4.78 is 1.03.